The van der Waals surface area contributed by atoms with Crippen molar-refractivity contribution in [2.24, 2.45) is 0 Å². The number of aromatic nitrogens is 2. The molecule has 0 bridgehead atoms. The van der Waals surface area contributed by atoms with Gasteiger partial charge in [0, 0.05) is 5.56 Å². The fourth-order valence-electron chi connectivity index (χ4n) is 2.25. The molecular formula is C18H17N3O4. The molecule has 1 N–H and O–H groups in total. The zero-order chi connectivity index (χ0) is 17.6. The van der Waals surface area contributed by atoms with Crippen LogP contribution in [0.2, 0.25) is 0 Å². The molecule has 25 heavy (non-hydrogen) atoms. The molecule has 0 aliphatic heterocycles. The molecule has 3 aromatic rings. The van der Waals surface area contributed by atoms with Gasteiger partial charge in [0.2, 0.25) is 12.3 Å². The fourth-order valence-corrected chi connectivity index (χ4v) is 2.25. The first-order chi connectivity index (χ1) is 12.2. The Bertz CT molecular complexity index is 845. The Balaban J connectivity index is 1.58. The van der Waals surface area contributed by atoms with Crippen LogP contribution in [0.5, 0.6) is 11.5 Å². The highest BCUT2D eigenvalue weighted by molar-refractivity contribution is 5.93. The van der Waals surface area contributed by atoms with Gasteiger partial charge in [0.25, 0.3) is 5.91 Å². The van der Waals surface area contributed by atoms with E-state index in [9.17, 15) is 4.79 Å². The van der Waals surface area contributed by atoms with Crippen molar-refractivity contribution in [1.82, 2.24) is 10.2 Å². The second kappa shape index (κ2) is 7.48. The van der Waals surface area contributed by atoms with E-state index in [-0.39, 0.29) is 12.5 Å². The summed E-state index contributed by atoms with van der Waals surface area (Å²) in [4.78, 5) is 12.1. The standard InChI is InChI=1S/C18H17N3O4/c1-12-3-8-16(23-2)15(9-12)20-17(22)10-24-14-6-4-13(5-7-14)18-21-19-11-25-18/h3-9,11H,10H2,1-2H3,(H,20,22). The molecule has 7 nitrogen and oxygen atoms in total. The predicted octanol–water partition coefficient (Wildman–Crippen LogP) is 3.07. The number of hydrogen-bond donors (Lipinski definition) is 1. The van der Waals surface area contributed by atoms with E-state index in [1.54, 1.807) is 31.4 Å². The average Bonchev–Trinajstić information content (AvgIpc) is 3.15. The molecule has 0 aliphatic rings. The summed E-state index contributed by atoms with van der Waals surface area (Å²) in [7, 11) is 1.56. The molecule has 0 unspecified atom stereocenters. The van der Waals surface area contributed by atoms with Crippen molar-refractivity contribution in [2.45, 2.75) is 6.92 Å². The van der Waals surface area contributed by atoms with Crippen LogP contribution in [0, 0.1) is 6.92 Å². The number of aryl methyl sites for hydroxylation is 1. The van der Waals surface area contributed by atoms with E-state index in [0.717, 1.165) is 11.1 Å². The smallest absolute Gasteiger partial charge is 0.262 e. The Hall–Kier alpha value is -3.35. The molecule has 0 radical (unpaired) electrons. The quantitative estimate of drug-likeness (QED) is 0.743. The number of carbonyl (C=O) groups is 1. The maximum Gasteiger partial charge on any atom is 0.262 e. The Kier molecular flexibility index (Phi) is 4.94. The SMILES string of the molecule is COc1ccc(C)cc1NC(=O)COc1ccc(-c2nnco2)cc1. The molecule has 0 fully saturated rings. The second-order valence-corrected chi connectivity index (χ2v) is 5.31. The minimum Gasteiger partial charge on any atom is -0.495 e. The Labute approximate surface area is 144 Å². The summed E-state index contributed by atoms with van der Waals surface area (Å²) in [6.07, 6.45) is 1.27. The largest absolute Gasteiger partial charge is 0.495 e. The molecule has 0 saturated carbocycles. The van der Waals surface area contributed by atoms with Gasteiger partial charge in [-0.3, -0.25) is 4.79 Å². The van der Waals surface area contributed by atoms with Gasteiger partial charge in [-0.25, -0.2) is 0 Å². The first-order valence-electron chi connectivity index (χ1n) is 7.59. The number of methoxy groups -OCH3 is 1. The van der Waals surface area contributed by atoms with Gasteiger partial charge in [-0.05, 0) is 48.9 Å². The van der Waals surface area contributed by atoms with Gasteiger partial charge in [-0.15, -0.1) is 10.2 Å². The van der Waals surface area contributed by atoms with E-state index in [2.05, 4.69) is 15.5 Å². The minimum atomic E-state index is -0.273. The summed E-state index contributed by atoms with van der Waals surface area (Å²) in [6, 6.07) is 12.6. The number of anilines is 1. The lowest BCUT2D eigenvalue weighted by Gasteiger charge is -2.11. The molecule has 7 heteroatoms. The number of amides is 1. The number of carbonyl (C=O) groups excluding carboxylic acids is 1. The van der Waals surface area contributed by atoms with Crippen LogP contribution < -0.4 is 14.8 Å². The van der Waals surface area contributed by atoms with Gasteiger partial charge >= 0.3 is 0 Å². The minimum absolute atomic E-state index is 0.114. The van der Waals surface area contributed by atoms with Gasteiger partial charge in [-0.1, -0.05) is 6.07 Å². The molecule has 1 aromatic heterocycles. The maximum absolute atomic E-state index is 12.1. The van der Waals surface area contributed by atoms with E-state index in [0.29, 0.717) is 23.1 Å². The molecule has 1 heterocycles. The van der Waals surface area contributed by atoms with E-state index in [4.69, 9.17) is 13.9 Å². The molecule has 128 valence electrons. The summed E-state index contributed by atoms with van der Waals surface area (Å²) in [6.45, 7) is 1.83. The van der Waals surface area contributed by atoms with Gasteiger partial charge < -0.3 is 19.2 Å². The zero-order valence-electron chi connectivity index (χ0n) is 13.9. The number of nitrogens with one attached hydrogen (secondary N) is 1. The third kappa shape index (κ3) is 4.14. The molecule has 0 atom stereocenters. The fraction of sp³-hybridized carbons (Fsp3) is 0.167. The highest BCUT2D eigenvalue weighted by Gasteiger charge is 2.09. The highest BCUT2D eigenvalue weighted by Crippen LogP contribution is 2.25. The molecule has 0 aliphatic carbocycles. The lowest BCUT2D eigenvalue weighted by Crippen LogP contribution is -2.20. The summed E-state index contributed by atoms with van der Waals surface area (Å²) in [5.41, 5.74) is 2.41. The maximum atomic E-state index is 12.1. The van der Waals surface area contributed by atoms with E-state index < -0.39 is 0 Å². The van der Waals surface area contributed by atoms with Gasteiger partial charge in [0.1, 0.15) is 11.5 Å². The number of ether oxygens (including phenoxy) is 2. The Morgan fingerprint density at radius 2 is 2.00 bits per heavy atom. The first kappa shape index (κ1) is 16.5. The third-order valence-corrected chi connectivity index (χ3v) is 3.46. The van der Waals surface area contributed by atoms with Crippen LogP contribution in [0.4, 0.5) is 5.69 Å². The molecule has 3 rings (SSSR count). The predicted molar refractivity (Wildman–Crippen MR) is 91.6 cm³/mol. The third-order valence-electron chi connectivity index (χ3n) is 3.46. The average molecular weight is 339 g/mol. The number of benzene rings is 2. The van der Waals surface area contributed by atoms with Crippen molar-refractivity contribution in [3.05, 3.63) is 54.4 Å². The van der Waals surface area contributed by atoms with Crippen LogP contribution in [-0.2, 0) is 4.79 Å². The second-order valence-electron chi connectivity index (χ2n) is 5.31. The molecule has 0 spiro atoms. The number of rotatable bonds is 6. The van der Waals surface area contributed by atoms with E-state index in [1.807, 2.05) is 25.1 Å². The molecule has 0 saturated heterocycles. The van der Waals surface area contributed by atoms with Crippen LogP contribution in [0.3, 0.4) is 0 Å². The van der Waals surface area contributed by atoms with Crippen LogP contribution in [0.15, 0.2) is 53.3 Å². The van der Waals surface area contributed by atoms with Crippen LogP contribution in [-0.4, -0.2) is 29.8 Å². The lowest BCUT2D eigenvalue weighted by atomic mass is 10.2. The summed E-state index contributed by atoms with van der Waals surface area (Å²) in [5, 5.41) is 10.2. The van der Waals surface area contributed by atoms with Crippen molar-refractivity contribution in [3.8, 4) is 23.0 Å². The van der Waals surface area contributed by atoms with Crippen molar-refractivity contribution in [1.29, 1.82) is 0 Å². The van der Waals surface area contributed by atoms with Crippen LogP contribution in [0.25, 0.3) is 11.5 Å². The van der Waals surface area contributed by atoms with Crippen molar-refractivity contribution in [2.75, 3.05) is 19.0 Å². The number of hydrogen-bond acceptors (Lipinski definition) is 6. The van der Waals surface area contributed by atoms with Crippen LogP contribution >= 0.6 is 0 Å². The van der Waals surface area contributed by atoms with E-state index in [1.165, 1.54) is 6.39 Å². The van der Waals surface area contributed by atoms with Crippen molar-refractivity contribution in [3.63, 3.8) is 0 Å². The zero-order valence-corrected chi connectivity index (χ0v) is 13.9. The van der Waals surface area contributed by atoms with Gasteiger partial charge in [0.15, 0.2) is 6.61 Å². The normalized spacial score (nSPS) is 10.3. The topological polar surface area (TPSA) is 86.5 Å². The van der Waals surface area contributed by atoms with Gasteiger partial charge in [0.05, 0.1) is 12.8 Å². The lowest BCUT2D eigenvalue weighted by molar-refractivity contribution is -0.118. The van der Waals surface area contributed by atoms with Crippen LogP contribution in [0.1, 0.15) is 5.56 Å². The van der Waals surface area contributed by atoms with Gasteiger partial charge in [-0.2, -0.15) is 0 Å². The number of nitrogens with zero attached hydrogens (tertiary/aromatic N) is 2. The molecule has 1 amide bonds. The van der Waals surface area contributed by atoms with E-state index >= 15 is 0 Å². The van der Waals surface area contributed by atoms with Crippen molar-refractivity contribution >= 4 is 11.6 Å². The van der Waals surface area contributed by atoms with Crippen molar-refractivity contribution < 1.29 is 18.7 Å². The Morgan fingerprint density at radius 1 is 1.20 bits per heavy atom. The summed E-state index contributed by atoms with van der Waals surface area (Å²) < 4.78 is 15.9. The Morgan fingerprint density at radius 3 is 2.68 bits per heavy atom. The first-order valence-corrected chi connectivity index (χ1v) is 7.59. The molecule has 2 aromatic carbocycles. The molecular weight excluding hydrogens is 322 g/mol. The summed E-state index contributed by atoms with van der Waals surface area (Å²) in [5.74, 6) is 1.32. The summed E-state index contributed by atoms with van der Waals surface area (Å²) >= 11 is 0. The monoisotopic (exact) mass is 339 g/mol. The highest BCUT2D eigenvalue weighted by atomic mass is 16.5.